The van der Waals surface area contributed by atoms with Crippen LogP contribution >= 0.6 is 0 Å². The Hall–Kier alpha value is -7.62. The number of piperazine rings is 2. The van der Waals surface area contributed by atoms with Gasteiger partial charge in [-0.15, -0.1) is 0 Å². The fourth-order valence-corrected chi connectivity index (χ4v) is 7.72. The third-order valence-corrected chi connectivity index (χ3v) is 10.9. The molecule has 0 bridgehead atoms. The lowest BCUT2D eigenvalue weighted by Gasteiger charge is -2.30. The number of H-pyrrole nitrogens is 2. The molecule has 62 heavy (non-hydrogen) atoms. The number of rotatable bonds is 9. The molecule has 8 heterocycles. The SMILES string of the molecule is COc1ccc2[nH]c(-c3cccc(C(=O)Nc4cnccc4N4CCNCC4)n3)cc2c1.O=C(Nc1cnccc1N1CCNCC1)c1cccc(-c2ccc3[nH]ccc3c2)n1. The highest BCUT2D eigenvalue weighted by molar-refractivity contribution is 6.06. The number of hydrogen-bond donors (Lipinski definition) is 6. The zero-order chi connectivity index (χ0) is 42.3. The Kier molecular flexibility index (Phi) is 11.8. The number of aromatic amines is 2. The summed E-state index contributed by atoms with van der Waals surface area (Å²) in [5.41, 5.74) is 9.37. The smallest absolute Gasteiger partial charge is 0.274 e. The molecule has 312 valence electrons. The number of pyridine rings is 4. The summed E-state index contributed by atoms with van der Waals surface area (Å²) in [6.07, 6.45) is 8.79. The van der Waals surface area contributed by atoms with Crippen LogP contribution in [0, 0.1) is 0 Å². The summed E-state index contributed by atoms with van der Waals surface area (Å²) in [4.78, 5) is 54.6. The maximum atomic E-state index is 13.0. The number of aromatic nitrogens is 6. The van der Waals surface area contributed by atoms with Crippen molar-refractivity contribution in [2.75, 3.05) is 79.9 Å². The highest BCUT2D eigenvalue weighted by atomic mass is 16.5. The van der Waals surface area contributed by atoms with Gasteiger partial charge in [-0.25, -0.2) is 9.97 Å². The van der Waals surface area contributed by atoms with Crippen LogP contribution in [0.3, 0.4) is 0 Å². The number of amides is 2. The number of carbonyl (C=O) groups is 2. The topological polar surface area (TPSA) is 181 Å². The van der Waals surface area contributed by atoms with Gasteiger partial charge in [0.1, 0.15) is 17.1 Å². The van der Waals surface area contributed by atoms with E-state index in [1.165, 1.54) is 0 Å². The Morgan fingerprint density at radius 3 is 1.85 bits per heavy atom. The first-order valence-electron chi connectivity index (χ1n) is 20.6. The Bertz CT molecular complexity index is 2840. The molecule has 6 aromatic heterocycles. The number of nitrogens with one attached hydrogen (secondary N) is 6. The van der Waals surface area contributed by atoms with Crippen LogP contribution < -0.4 is 35.8 Å². The predicted octanol–water partition coefficient (Wildman–Crippen LogP) is 6.58. The van der Waals surface area contributed by atoms with Crippen LogP contribution in [-0.4, -0.2) is 101 Å². The second-order valence-electron chi connectivity index (χ2n) is 14.9. The molecule has 0 atom stereocenters. The molecule has 2 aliphatic rings. The van der Waals surface area contributed by atoms with Crippen LogP contribution in [0.2, 0.25) is 0 Å². The molecule has 0 aliphatic carbocycles. The second kappa shape index (κ2) is 18.3. The number of fused-ring (bicyclic) bond motifs is 2. The molecule has 6 N–H and O–H groups in total. The predicted molar refractivity (Wildman–Crippen MR) is 244 cm³/mol. The number of methoxy groups -OCH3 is 1. The van der Waals surface area contributed by atoms with Crippen molar-refractivity contribution >= 4 is 56.4 Å². The highest BCUT2D eigenvalue weighted by Crippen LogP contribution is 2.29. The third kappa shape index (κ3) is 8.94. The fraction of sp³-hybridized carbons (Fsp3) is 0.191. The van der Waals surface area contributed by atoms with E-state index >= 15 is 0 Å². The van der Waals surface area contributed by atoms with E-state index in [0.717, 1.165) is 108 Å². The lowest BCUT2D eigenvalue weighted by molar-refractivity contribution is 0.101. The van der Waals surface area contributed by atoms with E-state index in [0.29, 0.717) is 28.5 Å². The van der Waals surface area contributed by atoms with Crippen molar-refractivity contribution < 1.29 is 14.3 Å². The summed E-state index contributed by atoms with van der Waals surface area (Å²) >= 11 is 0. The molecule has 2 amide bonds. The van der Waals surface area contributed by atoms with E-state index in [4.69, 9.17) is 4.74 Å². The van der Waals surface area contributed by atoms with E-state index in [9.17, 15) is 9.59 Å². The molecule has 10 rings (SSSR count). The van der Waals surface area contributed by atoms with Gasteiger partial charge in [0, 0.05) is 98.3 Å². The van der Waals surface area contributed by atoms with Crippen molar-refractivity contribution in [3.05, 3.63) is 139 Å². The van der Waals surface area contributed by atoms with Crippen LogP contribution in [-0.2, 0) is 0 Å². The summed E-state index contributed by atoms with van der Waals surface area (Å²) in [5.74, 6) is 0.277. The number of anilines is 4. The molecule has 0 saturated carbocycles. The molecule has 0 radical (unpaired) electrons. The first-order chi connectivity index (χ1) is 30.5. The van der Waals surface area contributed by atoms with Gasteiger partial charge in [0.25, 0.3) is 11.8 Å². The molecular formula is C47H46N12O3. The Labute approximate surface area is 358 Å². The second-order valence-corrected chi connectivity index (χ2v) is 14.9. The summed E-state index contributed by atoms with van der Waals surface area (Å²) in [6.45, 7) is 7.21. The quantitative estimate of drug-likeness (QED) is 0.0925. The number of ether oxygens (including phenoxy) is 1. The Balaban J connectivity index is 0.000000158. The molecule has 8 aromatic rings. The van der Waals surface area contributed by atoms with Gasteiger partial charge in [0.2, 0.25) is 0 Å². The summed E-state index contributed by atoms with van der Waals surface area (Å²) in [7, 11) is 1.65. The van der Waals surface area contributed by atoms with E-state index in [2.05, 4.69) is 67.0 Å². The maximum Gasteiger partial charge on any atom is 0.274 e. The van der Waals surface area contributed by atoms with E-state index in [-0.39, 0.29) is 11.8 Å². The highest BCUT2D eigenvalue weighted by Gasteiger charge is 2.19. The van der Waals surface area contributed by atoms with Gasteiger partial charge in [0.05, 0.1) is 59.3 Å². The zero-order valence-electron chi connectivity index (χ0n) is 34.2. The Morgan fingerprint density at radius 1 is 0.629 bits per heavy atom. The van der Waals surface area contributed by atoms with Crippen molar-refractivity contribution in [1.29, 1.82) is 0 Å². The molecule has 15 heteroatoms. The van der Waals surface area contributed by atoms with Gasteiger partial charge in [-0.05, 0) is 78.9 Å². The van der Waals surface area contributed by atoms with Crippen molar-refractivity contribution in [2.45, 2.75) is 0 Å². The van der Waals surface area contributed by atoms with Crippen LogP contribution in [0.15, 0.2) is 128 Å². The van der Waals surface area contributed by atoms with E-state index < -0.39 is 0 Å². The lowest BCUT2D eigenvalue weighted by Crippen LogP contribution is -2.43. The van der Waals surface area contributed by atoms with Gasteiger partial charge < -0.3 is 45.8 Å². The van der Waals surface area contributed by atoms with Crippen LogP contribution in [0.1, 0.15) is 21.0 Å². The minimum Gasteiger partial charge on any atom is -0.497 e. The Morgan fingerprint density at radius 2 is 1.23 bits per heavy atom. The molecule has 2 aliphatic heterocycles. The van der Waals surface area contributed by atoms with E-state index in [1.807, 2.05) is 85.1 Å². The normalized spacial score (nSPS) is 14.0. The molecule has 2 saturated heterocycles. The van der Waals surface area contributed by atoms with E-state index in [1.54, 1.807) is 44.0 Å². The minimum absolute atomic E-state index is 0.246. The third-order valence-electron chi connectivity index (χ3n) is 10.9. The summed E-state index contributed by atoms with van der Waals surface area (Å²) in [5, 5.41) is 14.8. The summed E-state index contributed by atoms with van der Waals surface area (Å²) in [6, 6.07) is 30.8. The number of benzene rings is 2. The number of hydrogen-bond acceptors (Lipinski definition) is 11. The number of nitrogens with zero attached hydrogens (tertiary/aromatic N) is 6. The van der Waals surface area contributed by atoms with Crippen molar-refractivity contribution in [1.82, 2.24) is 40.5 Å². The molecule has 2 fully saturated rings. The van der Waals surface area contributed by atoms with Gasteiger partial charge in [0.15, 0.2) is 0 Å². The van der Waals surface area contributed by atoms with Crippen LogP contribution in [0.4, 0.5) is 22.7 Å². The molecule has 15 nitrogen and oxygen atoms in total. The van der Waals surface area contributed by atoms with Gasteiger partial charge in [-0.1, -0.05) is 18.2 Å². The first kappa shape index (κ1) is 39.8. The first-order valence-corrected chi connectivity index (χ1v) is 20.6. The molecule has 2 aromatic carbocycles. The van der Waals surface area contributed by atoms with Crippen LogP contribution in [0.5, 0.6) is 5.75 Å². The van der Waals surface area contributed by atoms with Crippen molar-refractivity contribution in [3.8, 4) is 28.4 Å². The lowest BCUT2D eigenvalue weighted by atomic mass is 10.1. The monoisotopic (exact) mass is 826 g/mol. The van der Waals surface area contributed by atoms with Crippen molar-refractivity contribution in [2.24, 2.45) is 0 Å². The van der Waals surface area contributed by atoms with Gasteiger partial charge in [-0.2, -0.15) is 0 Å². The largest absolute Gasteiger partial charge is 0.497 e. The molecule has 0 unspecified atom stereocenters. The minimum atomic E-state index is -0.269. The number of carbonyl (C=O) groups excluding carboxylic acids is 2. The standard InChI is InChI=1S/C24H24N6O2.C23H22N6O/c1-32-17-5-6-18-16(13-17)14-21(27-18)19-3-2-4-20(28-19)24(31)29-22-15-26-8-7-23(22)30-11-9-25-10-12-30;30-23(28-21-15-25-8-7-22(21)29-12-10-24-11-13-29)20-3-1-2-19(27-20)16-4-5-18-17(14-16)6-9-26-18/h2-8,13-15,25,27H,9-12H2,1H3,(H,29,31);1-9,14-15,24,26H,10-13H2,(H,28,30). The van der Waals surface area contributed by atoms with Crippen molar-refractivity contribution in [3.63, 3.8) is 0 Å². The average molecular weight is 827 g/mol. The zero-order valence-corrected chi connectivity index (χ0v) is 34.2. The van der Waals surface area contributed by atoms with Gasteiger partial charge >= 0.3 is 0 Å². The fourth-order valence-electron chi connectivity index (χ4n) is 7.72. The summed E-state index contributed by atoms with van der Waals surface area (Å²) < 4.78 is 5.30. The van der Waals surface area contributed by atoms with Gasteiger partial charge in [-0.3, -0.25) is 19.6 Å². The maximum absolute atomic E-state index is 13.0. The molecular weight excluding hydrogens is 781 g/mol. The van der Waals surface area contributed by atoms with Crippen LogP contribution in [0.25, 0.3) is 44.5 Å². The molecule has 0 spiro atoms. The average Bonchev–Trinajstić information content (AvgIpc) is 4.00.